The molecular weight excluding hydrogens is 386 g/mol. The van der Waals surface area contributed by atoms with E-state index in [9.17, 15) is 13.6 Å². The van der Waals surface area contributed by atoms with Crippen LogP contribution in [-0.2, 0) is 4.79 Å². The largest absolute Gasteiger partial charge is 0.420 e. The average molecular weight is 404 g/mol. The highest BCUT2D eigenvalue weighted by Gasteiger charge is 2.26. The molecule has 1 amide bonds. The van der Waals surface area contributed by atoms with Crippen LogP contribution in [0.25, 0.3) is 11.5 Å². The minimum Gasteiger partial charge on any atom is -0.420 e. The van der Waals surface area contributed by atoms with Crippen LogP contribution in [0.4, 0.5) is 14.5 Å². The zero-order valence-electron chi connectivity index (χ0n) is 14.9. The third kappa shape index (κ3) is 4.26. The molecule has 0 saturated carbocycles. The molecule has 0 aliphatic carbocycles. The van der Waals surface area contributed by atoms with Gasteiger partial charge >= 0.3 is 0 Å². The average Bonchev–Trinajstić information content (AvgIpc) is 3.36. The molecule has 1 aliphatic heterocycles. The Bertz CT molecular complexity index is 953. The number of hydrogen-bond acceptors (Lipinski definition) is 6. The van der Waals surface area contributed by atoms with Crippen LogP contribution in [0.15, 0.2) is 39.4 Å². The van der Waals surface area contributed by atoms with Crippen molar-refractivity contribution in [1.29, 1.82) is 0 Å². The molecule has 3 aromatic rings. The second kappa shape index (κ2) is 8.15. The van der Waals surface area contributed by atoms with Crippen molar-refractivity contribution in [1.82, 2.24) is 15.1 Å². The van der Waals surface area contributed by atoms with Crippen molar-refractivity contribution in [3.63, 3.8) is 0 Å². The second-order valence-electron chi connectivity index (χ2n) is 6.68. The third-order valence-corrected chi connectivity index (χ3v) is 5.40. The van der Waals surface area contributed by atoms with Gasteiger partial charge in [0.05, 0.1) is 12.2 Å². The summed E-state index contributed by atoms with van der Waals surface area (Å²) in [6.07, 6.45) is 1.59. The van der Waals surface area contributed by atoms with Crippen LogP contribution in [-0.4, -0.2) is 40.6 Å². The second-order valence-corrected chi connectivity index (χ2v) is 7.46. The number of benzene rings is 1. The summed E-state index contributed by atoms with van der Waals surface area (Å²) in [7, 11) is 0. The van der Waals surface area contributed by atoms with E-state index in [4.69, 9.17) is 4.42 Å². The van der Waals surface area contributed by atoms with Gasteiger partial charge < -0.3 is 9.73 Å². The molecule has 6 nitrogen and oxygen atoms in total. The van der Waals surface area contributed by atoms with Crippen LogP contribution >= 0.6 is 11.3 Å². The third-order valence-electron chi connectivity index (χ3n) is 4.72. The molecule has 0 bridgehead atoms. The SMILES string of the molecule is O=C(CN1CCC(c2nnc(-c3ccsc3)o2)CC1)Nc1ccc(F)cc1F. The molecule has 28 heavy (non-hydrogen) atoms. The maximum Gasteiger partial charge on any atom is 0.248 e. The van der Waals surface area contributed by atoms with Crippen LogP contribution in [0.3, 0.4) is 0 Å². The van der Waals surface area contributed by atoms with E-state index in [1.54, 1.807) is 11.3 Å². The smallest absolute Gasteiger partial charge is 0.248 e. The Kier molecular flexibility index (Phi) is 5.45. The molecule has 146 valence electrons. The quantitative estimate of drug-likeness (QED) is 0.699. The standard InChI is InChI=1S/C19H18F2N4O2S/c20-14-1-2-16(15(21)9-14)22-17(26)10-25-6-3-12(4-7-25)18-23-24-19(27-18)13-5-8-28-11-13/h1-2,5,8-9,11-12H,3-4,6-7,10H2,(H,22,26). The van der Waals surface area contributed by atoms with E-state index in [1.807, 2.05) is 21.7 Å². The number of anilines is 1. The van der Waals surface area contributed by atoms with E-state index in [0.717, 1.165) is 30.5 Å². The van der Waals surface area contributed by atoms with Gasteiger partial charge in [-0.15, -0.1) is 10.2 Å². The molecule has 3 heterocycles. The number of hydrogen-bond donors (Lipinski definition) is 1. The fourth-order valence-corrected chi connectivity index (χ4v) is 3.85. The first-order valence-electron chi connectivity index (χ1n) is 8.92. The number of likely N-dealkylation sites (tertiary alicyclic amines) is 1. The van der Waals surface area contributed by atoms with Crippen molar-refractivity contribution in [2.45, 2.75) is 18.8 Å². The molecule has 1 fully saturated rings. The van der Waals surface area contributed by atoms with Gasteiger partial charge in [0.25, 0.3) is 0 Å². The van der Waals surface area contributed by atoms with Crippen LogP contribution in [0.2, 0.25) is 0 Å². The van der Waals surface area contributed by atoms with Crippen LogP contribution < -0.4 is 5.32 Å². The van der Waals surface area contributed by atoms with Gasteiger partial charge in [-0.1, -0.05) is 0 Å². The van der Waals surface area contributed by atoms with Crippen molar-refractivity contribution < 1.29 is 18.0 Å². The first kappa shape index (κ1) is 18.7. The topological polar surface area (TPSA) is 71.3 Å². The minimum atomic E-state index is -0.787. The lowest BCUT2D eigenvalue weighted by atomic mass is 9.97. The number of carbonyl (C=O) groups is 1. The molecule has 9 heteroatoms. The molecule has 1 aliphatic rings. The number of halogens is 2. The molecule has 0 spiro atoms. The summed E-state index contributed by atoms with van der Waals surface area (Å²) in [5, 5.41) is 14.7. The van der Waals surface area contributed by atoms with Crippen molar-refractivity contribution in [2.24, 2.45) is 0 Å². The summed E-state index contributed by atoms with van der Waals surface area (Å²) in [4.78, 5) is 14.1. The number of nitrogens with zero attached hydrogens (tertiary/aromatic N) is 3. The zero-order chi connectivity index (χ0) is 19.5. The van der Waals surface area contributed by atoms with Crippen molar-refractivity contribution >= 4 is 22.9 Å². The number of aromatic nitrogens is 2. The van der Waals surface area contributed by atoms with Crippen LogP contribution in [0, 0.1) is 11.6 Å². The number of amides is 1. The van der Waals surface area contributed by atoms with Gasteiger partial charge in [-0.05, 0) is 49.5 Å². The molecule has 0 atom stereocenters. The predicted octanol–water partition coefficient (Wildman–Crippen LogP) is 3.89. The predicted molar refractivity (Wildman–Crippen MR) is 101 cm³/mol. The van der Waals surface area contributed by atoms with Crippen molar-refractivity contribution in [3.8, 4) is 11.5 Å². The van der Waals surface area contributed by atoms with Crippen molar-refractivity contribution in [2.75, 3.05) is 25.0 Å². The number of rotatable bonds is 5. The van der Waals surface area contributed by atoms with E-state index in [2.05, 4.69) is 15.5 Å². The minimum absolute atomic E-state index is 0.0203. The summed E-state index contributed by atoms with van der Waals surface area (Å²) >= 11 is 1.57. The Balaban J connectivity index is 1.29. The fourth-order valence-electron chi connectivity index (χ4n) is 3.22. The lowest BCUT2D eigenvalue weighted by Crippen LogP contribution is -2.38. The zero-order valence-corrected chi connectivity index (χ0v) is 15.7. The molecule has 2 aromatic heterocycles. The number of piperidine rings is 1. The summed E-state index contributed by atoms with van der Waals surface area (Å²) in [6.45, 7) is 1.54. The van der Waals surface area contributed by atoms with E-state index >= 15 is 0 Å². The summed E-state index contributed by atoms with van der Waals surface area (Å²) in [5.41, 5.74) is 0.902. The summed E-state index contributed by atoms with van der Waals surface area (Å²) in [6, 6.07) is 5.01. The van der Waals surface area contributed by atoms with E-state index < -0.39 is 11.6 Å². The molecule has 1 saturated heterocycles. The monoisotopic (exact) mass is 404 g/mol. The molecular formula is C19H18F2N4O2S. The lowest BCUT2D eigenvalue weighted by Gasteiger charge is -2.29. The summed E-state index contributed by atoms with van der Waals surface area (Å²) < 4.78 is 32.4. The number of nitrogens with one attached hydrogen (secondary N) is 1. The summed E-state index contributed by atoms with van der Waals surface area (Å²) in [5.74, 6) is -0.487. The van der Waals surface area contributed by atoms with E-state index in [1.165, 1.54) is 6.07 Å². The van der Waals surface area contributed by atoms with Gasteiger partial charge in [0.15, 0.2) is 0 Å². The van der Waals surface area contributed by atoms with Gasteiger partial charge in [0, 0.05) is 22.9 Å². The molecule has 4 rings (SSSR count). The number of thiophene rings is 1. The molecule has 0 unspecified atom stereocenters. The Morgan fingerprint density at radius 1 is 1.25 bits per heavy atom. The first-order valence-corrected chi connectivity index (χ1v) is 9.86. The Hall–Kier alpha value is -2.65. The lowest BCUT2D eigenvalue weighted by molar-refractivity contribution is -0.117. The fraction of sp³-hybridized carbons (Fsp3) is 0.316. The van der Waals surface area contributed by atoms with Gasteiger partial charge in [0.2, 0.25) is 17.7 Å². The first-order chi connectivity index (χ1) is 13.6. The highest BCUT2D eigenvalue weighted by atomic mass is 32.1. The normalized spacial score (nSPS) is 15.6. The maximum absolute atomic E-state index is 13.6. The maximum atomic E-state index is 13.6. The van der Waals surface area contributed by atoms with E-state index in [0.29, 0.717) is 24.9 Å². The Morgan fingerprint density at radius 3 is 2.79 bits per heavy atom. The van der Waals surface area contributed by atoms with Gasteiger partial charge in [-0.25, -0.2) is 8.78 Å². The van der Waals surface area contributed by atoms with Gasteiger partial charge in [0.1, 0.15) is 11.6 Å². The molecule has 1 N–H and O–H groups in total. The van der Waals surface area contributed by atoms with Crippen molar-refractivity contribution in [3.05, 3.63) is 52.6 Å². The highest BCUT2D eigenvalue weighted by Crippen LogP contribution is 2.29. The molecule has 1 aromatic carbocycles. The highest BCUT2D eigenvalue weighted by molar-refractivity contribution is 7.08. The van der Waals surface area contributed by atoms with Gasteiger partial charge in [-0.2, -0.15) is 11.3 Å². The molecule has 0 radical (unpaired) electrons. The number of carbonyl (C=O) groups excluding carboxylic acids is 1. The van der Waals surface area contributed by atoms with Crippen LogP contribution in [0.5, 0.6) is 0 Å². The van der Waals surface area contributed by atoms with E-state index in [-0.39, 0.29) is 24.1 Å². The van der Waals surface area contributed by atoms with Crippen LogP contribution in [0.1, 0.15) is 24.7 Å². The Labute approximate surface area is 164 Å². The van der Waals surface area contributed by atoms with Gasteiger partial charge in [-0.3, -0.25) is 9.69 Å². The Morgan fingerprint density at radius 2 is 2.07 bits per heavy atom.